The Morgan fingerprint density at radius 2 is 2.07 bits per heavy atom. The molecule has 144 valence electrons. The van der Waals surface area contributed by atoms with Gasteiger partial charge in [-0.2, -0.15) is 0 Å². The number of carbonyl (C=O) groups is 1. The molecular weight excluding hydrogens is 386 g/mol. The molecule has 0 radical (unpaired) electrons. The van der Waals surface area contributed by atoms with E-state index in [1.807, 2.05) is 6.92 Å². The van der Waals surface area contributed by atoms with E-state index in [-0.39, 0.29) is 21.6 Å². The third kappa shape index (κ3) is 4.29. The molecule has 2 aromatic heterocycles. The molecule has 0 amide bonds. The van der Waals surface area contributed by atoms with E-state index in [4.69, 9.17) is 8.83 Å². The number of non-ortho nitro benzene ring substituents is 1. The Labute approximate surface area is 163 Å². The molecule has 3 rings (SSSR count). The van der Waals surface area contributed by atoms with Crippen molar-refractivity contribution in [3.8, 4) is 11.3 Å². The second kappa shape index (κ2) is 8.09. The Balaban J connectivity index is 1.90. The van der Waals surface area contributed by atoms with Crippen LogP contribution in [0.2, 0.25) is 0 Å². The fourth-order valence-corrected chi connectivity index (χ4v) is 3.01. The molecule has 0 aliphatic heterocycles. The molecule has 0 bridgehead atoms. The molecule has 0 atom stereocenters. The average molecular weight is 401 g/mol. The predicted molar refractivity (Wildman–Crippen MR) is 101 cm³/mol. The Kier molecular flexibility index (Phi) is 5.59. The van der Waals surface area contributed by atoms with Gasteiger partial charge in [0.05, 0.1) is 4.92 Å². The molecule has 0 saturated carbocycles. The van der Waals surface area contributed by atoms with Gasteiger partial charge in [-0.1, -0.05) is 13.0 Å². The van der Waals surface area contributed by atoms with Gasteiger partial charge in [-0.3, -0.25) is 10.1 Å². The molecule has 0 aliphatic carbocycles. The number of nitrogens with zero attached hydrogens (tertiary/aromatic N) is 3. The van der Waals surface area contributed by atoms with Gasteiger partial charge in [0, 0.05) is 30.2 Å². The summed E-state index contributed by atoms with van der Waals surface area (Å²) in [7, 11) is 0. The predicted octanol–water partition coefficient (Wildman–Crippen LogP) is 4.33. The summed E-state index contributed by atoms with van der Waals surface area (Å²) in [6.45, 7) is 3.65. The van der Waals surface area contributed by atoms with Crippen LogP contribution in [0.25, 0.3) is 17.4 Å². The van der Waals surface area contributed by atoms with Crippen LogP contribution in [0, 0.1) is 17.0 Å². The zero-order chi connectivity index (χ0) is 20.3. The zero-order valence-corrected chi connectivity index (χ0v) is 15.7. The van der Waals surface area contributed by atoms with Gasteiger partial charge >= 0.3 is 5.97 Å². The zero-order valence-electron chi connectivity index (χ0n) is 14.9. The van der Waals surface area contributed by atoms with Crippen LogP contribution in [-0.2, 0) is 11.2 Å². The minimum absolute atomic E-state index is 0.0565. The molecule has 1 aromatic carbocycles. The van der Waals surface area contributed by atoms with Crippen molar-refractivity contribution in [1.82, 2.24) is 10.2 Å². The van der Waals surface area contributed by atoms with Crippen LogP contribution < -0.4 is 0 Å². The molecule has 0 fully saturated rings. The lowest BCUT2D eigenvalue weighted by atomic mass is 10.1. The van der Waals surface area contributed by atoms with Gasteiger partial charge in [0.25, 0.3) is 10.9 Å². The van der Waals surface area contributed by atoms with Crippen molar-refractivity contribution in [3.05, 3.63) is 62.6 Å². The fraction of sp³-hybridized carbons (Fsp3) is 0.167. The molecule has 1 N–H and O–H groups in total. The molecule has 2 heterocycles. The Morgan fingerprint density at radius 3 is 2.71 bits per heavy atom. The number of furan rings is 1. The lowest BCUT2D eigenvalue weighted by Crippen LogP contribution is -1.96. The lowest BCUT2D eigenvalue weighted by Gasteiger charge is -2.02. The van der Waals surface area contributed by atoms with E-state index in [2.05, 4.69) is 10.2 Å². The van der Waals surface area contributed by atoms with Crippen molar-refractivity contribution >= 4 is 29.5 Å². The smallest absolute Gasteiger partial charge is 0.342 e. The SMILES string of the molecule is CCc1nnc(S/C(=C\c2ccc(-c3cc([N+](=O)[O-])ccc3C)o2)C(=O)O)o1. The Bertz CT molecular complexity index is 1070. The van der Waals surface area contributed by atoms with Gasteiger partial charge < -0.3 is 13.9 Å². The summed E-state index contributed by atoms with van der Waals surface area (Å²) < 4.78 is 11.0. The number of aromatic nitrogens is 2. The standard InChI is InChI=1S/C18H15N3O6S/c1-3-16-19-20-18(27-16)28-15(17(22)23)9-12-6-7-14(26-12)13-8-11(21(24)25)5-4-10(13)2/h4-9H,3H2,1-2H3,(H,22,23)/b15-9-. The van der Waals surface area contributed by atoms with Crippen LogP contribution in [0.4, 0.5) is 5.69 Å². The van der Waals surface area contributed by atoms with Crippen LogP contribution in [0.3, 0.4) is 0 Å². The minimum atomic E-state index is -1.18. The minimum Gasteiger partial charge on any atom is -0.477 e. The van der Waals surface area contributed by atoms with Crippen LogP contribution in [-0.4, -0.2) is 26.2 Å². The first-order valence-electron chi connectivity index (χ1n) is 8.18. The van der Waals surface area contributed by atoms with E-state index in [9.17, 15) is 20.0 Å². The van der Waals surface area contributed by atoms with E-state index in [1.54, 1.807) is 25.1 Å². The molecule has 0 saturated heterocycles. The third-order valence-electron chi connectivity index (χ3n) is 3.76. The second-order valence-corrected chi connectivity index (χ2v) is 6.68. The van der Waals surface area contributed by atoms with E-state index in [0.717, 1.165) is 17.3 Å². The largest absolute Gasteiger partial charge is 0.477 e. The van der Waals surface area contributed by atoms with Crippen molar-refractivity contribution in [2.45, 2.75) is 25.5 Å². The first-order chi connectivity index (χ1) is 13.4. The highest BCUT2D eigenvalue weighted by atomic mass is 32.2. The number of aliphatic carboxylic acids is 1. The van der Waals surface area contributed by atoms with E-state index < -0.39 is 10.9 Å². The number of benzene rings is 1. The van der Waals surface area contributed by atoms with Crippen molar-refractivity contribution in [2.24, 2.45) is 0 Å². The number of nitro groups is 1. The molecule has 9 nitrogen and oxygen atoms in total. The Hall–Kier alpha value is -3.40. The lowest BCUT2D eigenvalue weighted by molar-refractivity contribution is -0.384. The topological polar surface area (TPSA) is 132 Å². The summed E-state index contributed by atoms with van der Waals surface area (Å²) in [6, 6.07) is 7.67. The van der Waals surface area contributed by atoms with Gasteiger partial charge in [0.2, 0.25) is 5.89 Å². The maximum atomic E-state index is 11.5. The van der Waals surface area contributed by atoms with Crippen molar-refractivity contribution in [1.29, 1.82) is 0 Å². The summed E-state index contributed by atoms with van der Waals surface area (Å²) in [5.74, 6) is -0.0892. The number of rotatable bonds is 7. The first-order valence-corrected chi connectivity index (χ1v) is 8.99. The van der Waals surface area contributed by atoms with E-state index in [0.29, 0.717) is 23.6 Å². The maximum absolute atomic E-state index is 11.5. The first kappa shape index (κ1) is 19.4. The summed E-state index contributed by atoms with van der Waals surface area (Å²) in [6.07, 6.45) is 1.88. The molecular formula is C18H15N3O6S. The normalized spacial score (nSPS) is 11.6. The average Bonchev–Trinajstić information content (AvgIpc) is 3.30. The number of carboxylic acids is 1. The summed E-state index contributed by atoms with van der Waals surface area (Å²) >= 11 is 0.814. The van der Waals surface area contributed by atoms with Crippen LogP contribution in [0.15, 0.2) is 49.3 Å². The second-order valence-electron chi connectivity index (χ2n) is 5.69. The number of hydrogen-bond donors (Lipinski definition) is 1. The van der Waals surface area contributed by atoms with Crippen LogP contribution >= 0.6 is 11.8 Å². The molecule has 3 aromatic rings. The third-order valence-corrected chi connectivity index (χ3v) is 4.61. The fourth-order valence-electron chi connectivity index (χ4n) is 2.34. The summed E-state index contributed by atoms with van der Waals surface area (Å²) in [4.78, 5) is 22.0. The number of thioether (sulfide) groups is 1. The highest BCUT2D eigenvalue weighted by Crippen LogP contribution is 2.32. The quantitative estimate of drug-likeness (QED) is 0.266. The molecule has 28 heavy (non-hydrogen) atoms. The van der Waals surface area contributed by atoms with Gasteiger partial charge in [0.1, 0.15) is 16.4 Å². The number of carboxylic acid groups (broad SMARTS) is 1. The number of hydrogen-bond acceptors (Lipinski definition) is 8. The molecule has 0 spiro atoms. The molecule has 10 heteroatoms. The van der Waals surface area contributed by atoms with Gasteiger partial charge in [-0.15, -0.1) is 10.2 Å². The van der Waals surface area contributed by atoms with Crippen LogP contribution in [0.5, 0.6) is 0 Å². The number of nitro benzene ring substituents is 1. The van der Waals surface area contributed by atoms with E-state index >= 15 is 0 Å². The highest BCUT2D eigenvalue weighted by Gasteiger charge is 2.17. The van der Waals surface area contributed by atoms with Crippen LogP contribution in [0.1, 0.15) is 24.1 Å². The molecule has 0 aliphatic rings. The van der Waals surface area contributed by atoms with Crippen molar-refractivity contribution < 1.29 is 23.7 Å². The molecule has 0 unspecified atom stereocenters. The number of aryl methyl sites for hydroxylation is 2. The van der Waals surface area contributed by atoms with Crippen molar-refractivity contribution in [3.63, 3.8) is 0 Å². The van der Waals surface area contributed by atoms with Gasteiger partial charge in [0.15, 0.2) is 0 Å². The maximum Gasteiger partial charge on any atom is 0.342 e. The van der Waals surface area contributed by atoms with Gasteiger partial charge in [-0.25, -0.2) is 4.79 Å². The Morgan fingerprint density at radius 1 is 1.29 bits per heavy atom. The highest BCUT2D eigenvalue weighted by molar-refractivity contribution is 8.03. The summed E-state index contributed by atoms with van der Waals surface area (Å²) in [5, 5.41) is 28.1. The van der Waals surface area contributed by atoms with Gasteiger partial charge in [-0.05, 0) is 36.4 Å². The monoisotopic (exact) mass is 401 g/mol. The van der Waals surface area contributed by atoms with E-state index in [1.165, 1.54) is 18.2 Å². The van der Waals surface area contributed by atoms with Crippen molar-refractivity contribution in [2.75, 3.05) is 0 Å². The summed E-state index contributed by atoms with van der Waals surface area (Å²) in [5.41, 5.74) is 1.29.